The summed E-state index contributed by atoms with van der Waals surface area (Å²) in [6.07, 6.45) is 31.7. The maximum atomic E-state index is 13.2. The molecule has 70 heavy (non-hydrogen) atoms. The minimum absolute atomic E-state index is 0.208. The molecular formula is C56H105NO13. The van der Waals surface area contributed by atoms with Gasteiger partial charge in [0.25, 0.3) is 0 Å². The summed E-state index contributed by atoms with van der Waals surface area (Å²) in [4.78, 5) is 13.2. The molecule has 0 radical (unpaired) electrons. The van der Waals surface area contributed by atoms with E-state index in [9.17, 15) is 45.6 Å². The van der Waals surface area contributed by atoms with Gasteiger partial charge in [-0.1, -0.05) is 205 Å². The number of amides is 1. The zero-order chi connectivity index (χ0) is 51.0. The number of aliphatic hydroxyl groups excluding tert-OH is 8. The minimum Gasteiger partial charge on any atom is -0.394 e. The molecule has 9 N–H and O–H groups in total. The fourth-order valence-electron chi connectivity index (χ4n) is 9.50. The molecule has 0 aromatic heterocycles. The van der Waals surface area contributed by atoms with Crippen LogP contribution in [0.4, 0.5) is 0 Å². The van der Waals surface area contributed by atoms with Gasteiger partial charge in [-0.3, -0.25) is 4.79 Å². The van der Waals surface area contributed by atoms with E-state index in [1.165, 1.54) is 148 Å². The second kappa shape index (κ2) is 42.8. The fraction of sp³-hybridized carbons (Fsp3) is 0.911. The number of carbonyl (C=O) groups excluding carboxylic acids is 1. The Morgan fingerprint density at radius 1 is 0.514 bits per heavy atom. The SMILES string of the molecule is CCCCCCC/C=C\C/C=C\CCCCCCCCCCCCCC(=O)NC(COC1OC(CO)C(OC2OC(CO)C(O)C(O)C2O)C(O)C1O)C(O)CCCCCCCCCCCCCCC. The van der Waals surface area contributed by atoms with Crippen LogP contribution < -0.4 is 5.32 Å². The molecule has 2 saturated heterocycles. The molecule has 0 aliphatic carbocycles. The lowest BCUT2D eigenvalue weighted by Crippen LogP contribution is -2.65. The lowest BCUT2D eigenvalue weighted by Gasteiger charge is -2.46. The van der Waals surface area contributed by atoms with Gasteiger partial charge in [-0.15, -0.1) is 0 Å². The third kappa shape index (κ3) is 28.8. The first-order chi connectivity index (χ1) is 34.1. The van der Waals surface area contributed by atoms with Crippen LogP contribution >= 0.6 is 0 Å². The molecule has 12 atom stereocenters. The summed E-state index contributed by atoms with van der Waals surface area (Å²) in [6.45, 7) is 2.85. The van der Waals surface area contributed by atoms with Gasteiger partial charge in [0, 0.05) is 6.42 Å². The van der Waals surface area contributed by atoms with Gasteiger partial charge in [0.05, 0.1) is 32.0 Å². The van der Waals surface area contributed by atoms with E-state index in [4.69, 9.17) is 18.9 Å². The van der Waals surface area contributed by atoms with Crippen molar-refractivity contribution in [1.82, 2.24) is 5.32 Å². The Labute approximate surface area is 424 Å². The molecule has 0 aromatic carbocycles. The van der Waals surface area contributed by atoms with Gasteiger partial charge in [0.2, 0.25) is 5.91 Å². The van der Waals surface area contributed by atoms with Crippen molar-refractivity contribution in [3.63, 3.8) is 0 Å². The van der Waals surface area contributed by atoms with Crippen molar-refractivity contribution in [2.75, 3.05) is 19.8 Å². The minimum atomic E-state index is -1.78. The number of ether oxygens (including phenoxy) is 4. The topological polar surface area (TPSA) is 228 Å². The van der Waals surface area contributed by atoms with Crippen LogP contribution in [-0.2, 0) is 23.7 Å². The lowest BCUT2D eigenvalue weighted by atomic mass is 9.97. The van der Waals surface area contributed by atoms with Gasteiger partial charge in [-0.05, 0) is 44.9 Å². The van der Waals surface area contributed by atoms with Crippen molar-refractivity contribution in [3.05, 3.63) is 24.3 Å². The molecule has 2 heterocycles. The first-order valence-electron chi connectivity index (χ1n) is 28.6. The molecule has 14 nitrogen and oxygen atoms in total. The highest BCUT2D eigenvalue weighted by molar-refractivity contribution is 5.76. The van der Waals surface area contributed by atoms with Gasteiger partial charge in [0.15, 0.2) is 12.6 Å². The third-order valence-corrected chi connectivity index (χ3v) is 14.2. The second-order valence-corrected chi connectivity index (χ2v) is 20.4. The van der Waals surface area contributed by atoms with Crippen LogP contribution in [0.25, 0.3) is 0 Å². The van der Waals surface area contributed by atoms with Crippen LogP contribution in [0.15, 0.2) is 24.3 Å². The largest absolute Gasteiger partial charge is 0.394 e. The lowest BCUT2D eigenvalue weighted by molar-refractivity contribution is -0.359. The smallest absolute Gasteiger partial charge is 0.220 e. The molecule has 0 aromatic rings. The molecule has 2 aliphatic rings. The molecule has 0 saturated carbocycles. The van der Waals surface area contributed by atoms with Crippen LogP contribution in [0.2, 0.25) is 0 Å². The van der Waals surface area contributed by atoms with Crippen molar-refractivity contribution < 1.29 is 64.6 Å². The fourth-order valence-corrected chi connectivity index (χ4v) is 9.50. The van der Waals surface area contributed by atoms with E-state index in [0.717, 1.165) is 57.8 Å². The van der Waals surface area contributed by atoms with Crippen molar-refractivity contribution in [2.24, 2.45) is 0 Å². The molecule has 14 heteroatoms. The molecule has 2 aliphatic heterocycles. The summed E-state index contributed by atoms with van der Waals surface area (Å²) in [6, 6.07) is -0.827. The number of nitrogens with one attached hydrogen (secondary N) is 1. The van der Waals surface area contributed by atoms with Crippen LogP contribution in [-0.4, -0.2) is 140 Å². The average Bonchev–Trinajstić information content (AvgIpc) is 3.36. The van der Waals surface area contributed by atoms with E-state index in [0.29, 0.717) is 12.8 Å². The van der Waals surface area contributed by atoms with E-state index < -0.39 is 86.8 Å². The molecule has 0 spiro atoms. The van der Waals surface area contributed by atoms with E-state index in [2.05, 4.69) is 43.5 Å². The first-order valence-corrected chi connectivity index (χ1v) is 28.6. The highest BCUT2D eigenvalue weighted by Crippen LogP contribution is 2.30. The van der Waals surface area contributed by atoms with Crippen LogP contribution in [0.3, 0.4) is 0 Å². The number of carbonyl (C=O) groups is 1. The zero-order valence-electron chi connectivity index (χ0n) is 44.0. The van der Waals surface area contributed by atoms with Gasteiger partial charge in [-0.25, -0.2) is 0 Å². The van der Waals surface area contributed by atoms with E-state index >= 15 is 0 Å². The predicted molar refractivity (Wildman–Crippen MR) is 277 cm³/mol. The van der Waals surface area contributed by atoms with Crippen molar-refractivity contribution in [2.45, 2.75) is 306 Å². The maximum absolute atomic E-state index is 13.2. The normalized spacial score (nSPS) is 26.1. The Morgan fingerprint density at radius 3 is 1.43 bits per heavy atom. The van der Waals surface area contributed by atoms with E-state index in [1.807, 2.05) is 0 Å². The van der Waals surface area contributed by atoms with Crippen molar-refractivity contribution in [3.8, 4) is 0 Å². The number of aliphatic hydroxyl groups is 8. The number of hydrogen-bond donors (Lipinski definition) is 9. The summed E-state index contributed by atoms with van der Waals surface area (Å²) in [5, 5.41) is 87.1. The molecule has 12 unspecified atom stereocenters. The molecule has 2 rings (SSSR count). The number of rotatable bonds is 45. The van der Waals surface area contributed by atoms with Gasteiger partial charge >= 0.3 is 0 Å². The second-order valence-electron chi connectivity index (χ2n) is 20.4. The standard InChI is InChI=1S/C56H105NO13/c1-3-5-7-9-11-13-15-17-18-19-20-21-22-23-24-25-26-28-30-32-34-36-38-40-48(61)57-44(45(60)39-37-35-33-31-29-27-16-14-12-10-8-6-4-2)43-67-55-53(66)51(64)54(47(42-59)69-55)70-56-52(65)50(63)49(62)46(41-58)68-56/h15,17,19-20,44-47,49-56,58-60,62-66H,3-14,16,18,21-43H2,1-2H3,(H,57,61)/b17-15-,20-19-. The average molecular weight is 1000 g/mol. The molecular weight excluding hydrogens is 895 g/mol. The van der Waals surface area contributed by atoms with E-state index in [-0.39, 0.29) is 12.5 Å². The predicted octanol–water partition coefficient (Wildman–Crippen LogP) is 8.89. The Hall–Kier alpha value is -1.53. The van der Waals surface area contributed by atoms with Gasteiger partial charge < -0.3 is 65.1 Å². The Balaban J connectivity index is 1.74. The van der Waals surface area contributed by atoms with Crippen LogP contribution in [0.5, 0.6) is 0 Å². The maximum Gasteiger partial charge on any atom is 0.220 e. The molecule has 412 valence electrons. The Bertz CT molecular complexity index is 1270. The number of allylic oxidation sites excluding steroid dienone is 4. The highest BCUT2D eigenvalue weighted by atomic mass is 16.7. The van der Waals surface area contributed by atoms with Gasteiger partial charge in [0.1, 0.15) is 48.8 Å². The summed E-state index contributed by atoms with van der Waals surface area (Å²) >= 11 is 0. The molecule has 1 amide bonds. The summed E-state index contributed by atoms with van der Waals surface area (Å²) in [5.41, 5.74) is 0. The van der Waals surface area contributed by atoms with Crippen LogP contribution in [0.1, 0.15) is 232 Å². The molecule has 2 fully saturated rings. The quantitative estimate of drug-likeness (QED) is 0.0205. The van der Waals surface area contributed by atoms with Crippen LogP contribution in [0, 0.1) is 0 Å². The first kappa shape index (κ1) is 64.6. The monoisotopic (exact) mass is 1000 g/mol. The number of hydrogen-bond acceptors (Lipinski definition) is 13. The summed E-state index contributed by atoms with van der Waals surface area (Å²) < 4.78 is 22.8. The van der Waals surface area contributed by atoms with Crippen molar-refractivity contribution >= 4 is 5.91 Å². The highest BCUT2D eigenvalue weighted by Gasteiger charge is 2.51. The van der Waals surface area contributed by atoms with Crippen molar-refractivity contribution in [1.29, 1.82) is 0 Å². The number of unbranched alkanes of at least 4 members (excludes halogenated alkanes) is 28. The van der Waals surface area contributed by atoms with Gasteiger partial charge in [-0.2, -0.15) is 0 Å². The summed E-state index contributed by atoms with van der Waals surface area (Å²) in [7, 11) is 0. The molecule has 0 bridgehead atoms. The van der Waals surface area contributed by atoms with E-state index in [1.54, 1.807) is 0 Å². The Morgan fingerprint density at radius 2 is 0.943 bits per heavy atom. The third-order valence-electron chi connectivity index (χ3n) is 14.2. The Kier molecular flexibility index (Phi) is 39.5. The zero-order valence-corrected chi connectivity index (χ0v) is 44.0. The summed E-state index contributed by atoms with van der Waals surface area (Å²) in [5.74, 6) is -0.208.